The smallest absolute Gasteiger partial charge is 0.0606 e. The maximum atomic E-state index is 9.31. The van der Waals surface area contributed by atoms with E-state index in [0.29, 0.717) is 13.1 Å². The average molecular weight is 272 g/mol. The Kier molecular flexibility index (Phi) is 5.39. The lowest BCUT2D eigenvalue weighted by atomic mass is 10.0. The molecule has 2 aromatic carbocycles. The molecule has 0 amide bonds. The van der Waals surface area contributed by atoms with Crippen LogP contribution in [0.25, 0.3) is 10.8 Å². The van der Waals surface area contributed by atoms with E-state index in [-0.39, 0.29) is 6.61 Å². The third-order valence-corrected chi connectivity index (χ3v) is 3.70. The molecule has 20 heavy (non-hydrogen) atoms. The highest BCUT2D eigenvalue weighted by molar-refractivity contribution is 5.96. The molecule has 0 aliphatic rings. The fourth-order valence-corrected chi connectivity index (χ4v) is 2.62. The lowest BCUT2D eigenvalue weighted by Gasteiger charge is -2.26. The summed E-state index contributed by atoms with van der Waals surface area (Å²) in [6.45, 7) is 4.56. The molecular weight excluding hydrogens is 248 g/mol. The van der Waals surface area contributed by atoms with Gasteiger partial charge < -0.3 is 15.7 Å². The number of hydrogen-bond acceptors (Lipinski definition) is 3. The summed E-state index contributed by atoms with van der Waals surface area (Å²) in [4.78, 5) is 2.27. The van der Waals surface area contributed by atoms with E-state index in [2.05, 4.69) is 42.2 Å². The standard InChI is InChI=1S/C17H24N2O/c1-2-3-10-19(11-12-20)17-9-8-14(13-18)15-6-4-5-7-16(15)17/h4-9,20H,2-3,10-13,18H2,1H3. The van der Waals surface area contributed by atoms with Gasteiger partial charge >= 0.3 is 0 Å². The molecule has 2 rings (SSSR count). The monoisotopic (exact) mass is 272 g/mol. The van der Waals surface area contributed by atoms with Crippen molar-refractivity contribution in [2.24, 2.45) is 5.73 Å². The maximum absolute atomic E-state index is 9.31. The maximum Gasteiger partial charge on any atom is 0.0606 e. The quantitative estimate of drug-likeness (QED) is 0.815. The molecule has 0 radical (unpaired) electrons. The summed E-state index contributed by atoms with van der Waals surface area (Å²) in [5.74, 6) is 0. The topological polar surface area (TPSA) is 49.5 Å². The molecule has 0 fully saturated rings. The van der Waals surface area contributed by atoms with Gasteiger partial charge in [0.2, 0.25) is 0 Å². The predicted molar refractivity (Wildman–Crippen MR) is 86.0 cm³/mol. The number of hydrogen-bond donors (Lipinski definition) is 2. The molecule has 3 N–H and O–H groups in total. The van der Waals surface area contributed by atoms with Crippen LogP contribution in [0.15, 0.2) is 36.4 Å². The van der Waals surface area contributed by atoms with Crippen molar-refractivity contribution < 1.29 is 5.11 Å². The summed E-state index contributed by atoms with van der Waals surface area (Å²) < 4.78 is 0. The van der Waals surface area contributed by atoms with Gasteiger partial charge in [0.15, 0.2) is 0 Å². The molecule has 0 aliphatic carbocycles. The molecule has 0 atom stereocenters. The van der Waals surface area contributed by atoms with Gasteiger partial charge in [0, 0.05) is 30.7 Å². The second-order valence-electron chi connectivity index (χ2n) is 5.06. The average Bonchev–Trinajstić information content (AvgIpc) is 2.50. The van der Waals surface area contributed by atoms with E-state index in [1.165, 1.54) is 22.0 Å². The molecule has 3 nitrogen and oxygen atoms in total. The second kappa shape index (κ2) is 7.27. The fourth-order valence-electron chi connectivity index (χ4n) is 2.62. The zero-order valence-electron chi connectivity index (χ0n) is 12.2. The summed E-state index contributed by atoms with van der Waals surface area (Å²) in [6.07, 6.45) is 2.29. The minimum Gasteiger partial charge on any atom is -0.395 e. The molecule has 0 heterocycles. The Labute approximate surface area is 121 Å². The molecular formula is C17H24N2O. The van der Waals surface area contributed by atoms with Crippen molar-refractivity contribution >= 4 is 16.5 Å². The molecule has 0 saturated carbocycles. The van der Waals surface area contributed by atoms with Gasteiger partial charge in [-0.15, -0.1) is 0 Å². The van der Waals surface area contributed by atoms with Crippen molar-refractivity contribution in [3.8, 4) is 0 Å². The van der Waals surface area contributed by atoms with Crippen LogP contribution in [0, 0.1) is 0 Å². The largest absolute Gasteiger partial charge is 0.395 e. The summed E-state index contributed by atoms with van der Waals surface area (Å²) >= 11 is 0. The Morgan fingerprint density at radius 3 is 2.45 bits per heavy atom. The van der Waals surface area contributed by atoms with Crippen LogP contribution in [0.4, 0.5) is 5.69 Å². The Hall–Kier alpha value is -1.58. The SMILES string of the molecule is CCCCN(CCO)c1ccc(CN)c2ccccc12. The molecule has 0 aliphatic heterocycles. The van der Waals surface area contributed by atoms with Crippen LogP contribution in [0.3, 0.4) is 0 Å². The number of nitrogens with two attached hydrogens (primary N) is 1. The first-order chi connectivity index (χ1) is 9.81. The number of rotatable bonds is 7. The van der Waals surface area contributed by atoms with Crippen molar-refractivity contribution in [3.05, 3.63) is 42.0 Å². The minimum absolute atomic E-state index is 0.177. The normalized spacial score (nSPS) is 10.9. The fraction of sp³-hybridized carbons (Fsp3) is 0.412. The summed E-state index contributed by atoms with van der Waals surface area (Å²) in [6, 6.07) is 12.6. The Morgan fingerprint density at radius 1 is 1.05 bits per heavy atom. The van der Waals surface area contributed by atoms with Crippen LogP contribution in [0.5, 0.6) is 0 Å². The van der Waals surface area contributed by atoms with Crippen molar-refractivity contribution in [3.63, 3.8) is 0 Å². The molecule has 0 spiro atoms. The lowest BCUT2D eigenvalue weighted by molar-refractivity contribution is 0.301. The number of nitrogens with zero attached hydrogens (tertiary/aromatic N) is 1. The molecule has 0 aromatic heterocycles. The van der Waals surface area contributed by atoms with Gasteiger partial charge in [-0.25, -0.2) is 0 Å². The van der Waals surface area contributed by atoms with Crippen molar-refractivity contribution in [1.29, 1.82) is 0 Å². The van der Waals surface area contributed by atoms with Crippen molar-refractivity contribution in [2.75, 3.05) is 24.6 Å². The highest BCUT2D eigenvalue weighted by Crippen LogP contribution is 2.29. The van der Waals surface area contributed by atoms with Crippen molar-refractivity contribution in [1.82, 2.24) is 0 Å². The van der Waals surface area contributed by atoms with Crippen LogP contribution in [0.1, 0.15) is 25.3 Å². The first-order valence-corrected chi connectivity index (χ1v) is 7.38. The highest BCUT2D eigenvalue weighted by Gasteiger charge is 2.11. The number of aliphatic hydroxyl groups excluding tert-OH is 1. The van der Waals surface area contributed by atoms with Crippen LogP contribution in [0.2, 0.25) is 0 Å². The Bertz CT molecular complexity index is 554. The van der Waals surface area contributed by atoms with E-state index in [0.717, 1.165) is 19.4 Å². The predicted octanol–water partition coefficient (Wildman–Crippen LogP) is 2.90. The number of unbranched alkanes of at least 4 members (excludes halogenated alkanes) is 1. The van der Waals surface area contributed by atoms with Crippen LogP contribution in [-0.4, -0.2) is 24.8 Å². The molecule has 2 aromatic rings. The number of anilines is 1. The van der Waals surface area contributed by atoms with Gasteiger partial charge in [0.25, 0.3) is 0 Å². The summed E-state index contributed by atoms with van der Waals surface area (Å²) in [5.41, 5.74) is 8.19. The molecule has 108 valence electrons. The van der Waals surface area contributed by atoms with Gasteiger partial charge in [-0.2, -0.15) is 0 Å². The first kappa shape index (κ1) is 14.8. The number of fused-ring (bicyclic) bond motifs is 1. The Balaban J connectivity index is 2.46. The lowest BCUT2D eigenvalue weighted by Crippen LogP contribution is -2.28. The van der Waals surface area contributed by atoms with E-state index in [1.54, 1.807) is 0 Å². The van der Waals surface area contributed by atoms with Crippen LogP contribution >= 0.6 is 0 Å². The third-order valence-electron chi connectivity index (χ3n) is 3.70. The number of benzene rings is 2. The zero-order chi connectivity index (χ0) is 14.4. The van der Waals surface area contributed by atoms with Crippen LogP contribution < -0.4 is 10.6 Å². The van der Waals surface area contributed by atoms with E-state index in [4.69, 9.17) is 5.73 Å². The van der Waals surface area contributed by atoms with Gasteiger partial charge in [-0.1, -0.05) is 43.7 Å². The van der Waals surface area contributed by atoms with Gasteiger partial charge in [-0.3, -0.25) is 0 Å². The first-order valence-electron chi connectivity index (χ1n) is 7.38. The number of aliphatic hydroxyl groups is 1. The van der Waals surface area contributed by atoms with Crippen molar-refractivity contribution in [2.45, 2.75) is 26.3 Å². The summed E-state index contributed by atoms with van der Waals surface area (Å²) in [7, 11) is 0. The van der Waals surface area contributed by atoms with E-state index < -0.39 is 0 Å². The Morgan fingerprint density at radius 2 is 1.80 bits per heavy atom. The van der Waals surface area contributed by atoms with E-state index >= 15 is 0 Å². The zero-order valence-corrected chi connectivity index (χ0v) is 12.2. The van der Waals surface area contributed by atoms with E-state index in [9.17, 15) is 5.11 Å². The molecule has 0 bridgehead atoms. The second-order valence-corrected chi connectivity index (χ2v) is 5.06. The van der Waals surface area contributed by atoms with Gasteiger partial charge in [0.1, 0.15) is 0 Å². The van der Waals surface area contributed by atoms with Gasteiger partial charge in [0.05, 0.1) is 6.61 Å². The van der Waals surface area contributed by atoms with Crippen LogP contribution in [-0.2, 0) is 6.54 Å². The summed E-state index contributed by atoms with van der Waals surface area (Å²) in [5, 5.41) is 11.7. The van der Waals surface area contributed by atoms with E-state index in [1.807, 2.05) is 6.07 Å². The van der Waals surface area contributed by atoms with Gasteiger partial charge in [-0.05, 0) is 23.4 Å². The molecule has 0 saturated heterocycles. The molecule has 3 heteroatoms. The third kappa shape index (κ3) is 3.11. The minimum atomic E-state index is 0.177. The molecule has 0 unspecified atom stereocenters. The highest BCUT2D eigenvalue weighted by atomic mass is 16.3.